The highest BCUT2D eigenvalue weighted by Gasteiger charge is 2.16. The number of nitrogens with two attached hydrogens (primary N) is 1. The van der Waals surface area contributed by atoms with Gasteiger partial charge in [-0.3, -0.25) is 0 Å². The highest BCUT2D eigenvalue weighted by Crippen LogP contribution is 2.25. The van der Waals surface area contributed by atoms with Crippen molar-refractivity contribution >= 4 is 29.1 Å². The van der Waals surface area contributed by atoms with E-state index in [2.05, 4.69) is 35.6 Å². The summed E-state index contributed by atoms with van der Waals surface area (Å²) in [4.78, 5) is 14.5. The number of hydrogen-bond acceptors (Lipinski definition) is 10. The summed E-state index contributed by atoms with van der Waals surface area (Å²) in [5.74, 6) is 0.662. The fourth-order valence-electron chi connectivity index (χ4n) is 3.13. The highest BCUT2D eigenvalue weighted by atomic mass is 19.1. The summed E-state index contributed by atoms with van der Waals surface area (Å²) >= 11 is 0. The Morgan fingerprint density at radius 3 is 2.81 bits per heavy atom. The number of nitrogens with one attached hydrogen (secondary N) is 2. The van der Waals surface area contributed by atoms with Crippen LogP contribution in [-0.4, -0.2) is 68.8 Å². The van der Waals surface area contributed by atoms with Gasteiger partial charge in [-0.2, -0.15) is 9.67 Å². The Balaban J connectivity index is 1.51. The van der Waals surface area contributed by atoms with Crippen molar-refractivity contribution in [2.45, 2.75) is 13.0 Å². The van der Waals surface area contributed by atoms with Crippen LogP contribution in [0.2, 0.25) is 0 Å². The topological polar surface area (TPSA) is 139 Å². The van der Waals surface area contributed by atoms with Gasteiger partial charge in [0, 0.05) is 30.9 Å². The number of aliphatic hydroxyl groups excluding tert-OH is 1. The lowest BCUT2D eigenvalue weighted by molar-refractivity contribution is 0.122. The largest absolute Gasteiger partial charge is 0.394 e. The van der Waals surface area contributed by atoms with Crippen LogP contribution in [0.15, 0.2) is 30.6 Å². The third-order valence-electron chi connectivity index (χ3n) is 4.75. The van der Waals surface area contributed by atoms with Gasteiger partial charge >= 0.3 is 0 Å². The van der Waals surface area contributed by atoms with Crippen molar-refractivity contribution in [3.8, 4) is 5.82 Å². The second-order valence-electron chi connectivity index (χ2n) is 7.08. The SMILES string of the molecule is C[C@H](CO)Nc1cc(-n2nc(Nc3ccc(N4CCOCC4)cc3F)nc2N)ncn1. The standard InChI is InChI=1S/C19H24FN9O2/c1-12(10-30)24-16-9-17(23-11-22-16)29-18(21)26-19(27-29)25-15-3-2-13(8-14(15)20)28-4-6-31-7-5-28/h2-3,8-9,11-12,30H,4-7,10H2,1H3,(H,22,23,24)(H3,21,25,26,27)/t12-/m1/s1. The van der Waals surface area contributed by atoms with Gasteiger partial charge in [0.25, 0.3) is 0 Å². The van der Waals surface area contributed by atoms with Gasteiger partial charge in [0.15, 0.2) is 5.82 Å². The second-order valence-corrected chi connectivity index (χ2v) is 7.08. The molecule has 1 aliphatic heterocycles. The van der Waals surface area contributed by atoms with Crippen LogP contribution in [-0.2, 0) is 4.74 Å². The maximum Gasteiger partial charge on any atom is 0.248 e. The molecule has 4 rings (SSSR count). The van der Waals surface area contributed by atoms with E-state index in [4.69, 9.17) is 10.5 Å². The average molecular weight is 429 g/mol. The number of aromatic nitrogens is 5. The lowest BCUT2D eigenvalue weighted by atomic mass is 10.2. The van der Waals surface area contributed by atoms with Gasteiger partial charge in [-0.1, -0.05) is 0 Å². The molecule has 164 valence electrons. The van der Waals surface area contributed by atoms with E-state index in [1.54, 1.807) is 12.1 Å². The Morgan fingerprint density at radius 1 is 1.26 bits per heavy atom. The molecule has 11 nitrogen and oxygen atoms in total. The van der Waals surface area contributed by atoms with Gasteiger partial charge < -0.3 is 31.1 Å². The third kappa shape index (κ3) is 4.81. The maximum atomic E-state index is 14.7. The minimum Gasteiger partial charge on any atom is -0.394 e. The first kappa shape index (κ1) is 20.8. The second kappa shape index (κ2) is 9.10. The zero-order chi connectivity index (χ0) is 21.8. The monoisotopic (exact) mass is 429 g/mol. The molecule has 0 aliphatic carbocycles. The maximum absolute atomic E-state index is 14.7. The number of rotatable bonds is 7. The predicted molar refractivity (Wildman–Crippen MR) is 114 cm³/mol. The molecule has 1 atom stereocenters. The number of benzene rings is 1. The van der Waals surface area contributed by atoms with Gasteiger partial charge in [-0.15, -0.1) is 5.10 Å². The van der Waals surface area contributed by atoms with Gasteiger partial charge in [-0.25, -0.2) is 14.4 Å². The van der Waals surface area contributed by atoms with Gasteiger partial charge in [0.1, 0.15) is 18.0 Å². The number of ether oxygens (including phenoxy) is 1. The van der Waals surface area contributed by atoms with Crippen molar-refractivity contribution < 1.29 is 14.2 Å². The van der Waals surface area contributed by atoms with E-state index in [9.17, 15) is 9.50 Å². The zero-order valence-electron chi connectivity index (χ0n) is 17.0. The molecule has 1 fully saturated rings. The minimum absolute atomic E-state index is 0.0469. The lowest BCUT2D eigenvalue weighted by Crippen LogP contribution is -2.36. The van der Waals surface area contributed by atoms with Crippen LogP contribution in [0.5, 0.6) is 0 Å². The predicted octanol–water partition coefficient (Wildman–Crippen LogP) is 1.15. The van der Waals surface area contributed by atoms with Crippen molar-refractivity contribution in [1.82, 2.24) is 24.7 Å². The van der Waals surface area contributed by atoms with Crippen molar-refractivity contribution in [3.63, 3.8) is 0 Å². The summed E-state index contributed by atoms with van der Waals surface area (Å²) in [5.41, 5.74) is 7.01. The lowest BCUT2D eigenvalue weighted by Gasteiger charge is -2.29. The Kier molecular flexibility index (Phi) is 6.09. The van der Waals surface area contributed by atoms with E-state index >= 15 is 0 Å². The molecule has 3 heterocycles. The summed E-state index contributed by atoms with van der Waals surface area (Å²) in [7, 11) is 0. The molecule has 0 saturated carbocycles. The summed E-state index contributed by atoms with van der Waals surface area (Å²) in [6.45, 7) is 4.47. The van der Waals surface area contributed by atoms with Gasteiger partial charge in [0.05, 0.1) is 25.5 Å². The third-order valence-corrected chi connectivity index (χ3v) is 4.75. The van der Waals surface area contributed by atoms with Crippen molar-refractivity contribution in [2.24, 2.45) is 0 Å². The Hall–Kier alpha value is -3.51. The van der Waals surface area contributed by atoms with E-state index < -0.39 is 5.82 Å². The van der Waals surface area contributed by atoms with E-state index in [1.165, 1.54) is 17.1 Å². The average Bonchev–Trinajstić information content (AvgIpc) is 3.16. The number of aliphatic hydroxyl groups is 1. The van der Waals surface area contributed by atoms with E-state index in [-0.39, 0.29) is 30.2 Å². The van der Waals surface area contributed by atoms with E-state index in [0.717, 1.165) is 18.8 Å². The van der Waals surface area contributed by atoms with E-state index in [0.29, 0.717) is 24.8 Å². The number of nitrogen functional groups attached to an aromatic ring is 1. The summed E-state index contributed by atoms with van der Waals surface area (Å²) in [6.07, 6.45) is 1.35. The molecule has 5 N–H and O–H groups in total. The molecule has 0 spiro atoms. The molecule has 0 unspecified atom stereocenters. The molecule has 1 aliphatic rings. The molecule has 31 heavy (non-hydrogen) atoms. The quantitative estimate of drug-likeness (QED) is 0.432. The van der Waals surface area contributed by atoms with Gasteiger partial charge in [-0.05, 0) is 25.1 Å². The molecule has 1 aromatic carbocycles. The number of anilines is 5. The smallest absolute Gasteiger partial charge is 0.248 e. The zero-order valence-corrected chi connectivity index (χ0v) is 17.0. The Bertz CT molecular complexity index is 1040. The first-order chi connectivity index (χ1) is 15.0. The van der Waals surface area contributed by atoms with Crippen molar-refractivity contribution in [2.75, 3.05) is 54.2 Å². The fraction of sp³-hybridized carbons (Fsp3) is 0.368. The molecular weight excluding hydrogens is 405 g/mol. The fourth-order valence-corrected chi connectivity index (χ4v) is 3.13. The highest BCUT2D eigenvalue weighted by molar-refractivity contribution is 5.61. The molecular formula is C19H24FN9O2. The van der Waals surface area contributed by atoms with Gasteiger partial charge in [0.2, 0.25) is 11.9 Å². The van der Waals surface area contributed by atoms with Crippen LogP contribution >= 0.6 is 0 Å². The molecule has 0 radical (unpaired) electrons. The molecule has 0 amide bonds. The number of hydrogen-bond donors (Lipinski definition) is 4. The molecule has 2 aromatic heterocycles. The first-order valence-electron chi connectivity index (χ1n) is 9.85. The number of morpholine rings is 1. The number of nitrogens with zero attached hydrogens (tertiary/aromatic N) is 6. The minimum atomic E-state index is -0.426. The Labute approximate surface area is 178 Å². The van der Waals surface area contributed by atoms with Crippen LogP contribution < -0.4 is 21.3 Å². The summed E-state index contributed by atoms with van der Waals surface area (Å²) in [5, 5.41) is 19.3. The van der Waals surface area contributed by atoms with Crippen LogP contribution in [0, 0.1) is 5.82 Å². The molecule has 0 bridgehead atoms. The molecule has 3 aromatic rings. The van der Waals surface area contributed by atoms with E-state index in [1.807, 2.05) is 13.0 Å². The molecule has 1 saturated heterocycles. The van der Waals surface area contributed by atoms with Crippen LogP contribution in [0.1, 0.15) is 6.92 Å². The van der Waals surface area contributed by atoms with Crippen molar-refractivity contribution in [3.05, 3.63) is 36.4 Å². The molecule has 12 heteroatoms. The normalized spacial score (nSPS) is 15.0. The first-order valence-corrected chi connectivity index (χ1v) is 9.85. The Morgan fingerprint density at radius 2 is 2.06 bits per heavy atom. The van der Waals surface area contributed by atoms with Crippen LogP contribution in [0.25, 0.3) is 5.82 Å². The summed E-state index contributed by atoms with van der Waals surface area (Å²) < 4.78 is 21.3. The van der Waals surface area contributed by atoms with Crippen LogP contribution in [0.3, 0.4) is 0 Å². The summed E-state index contributed by atoms with van der Waals surface area (Å²) in [6, 6.07) is 6.38. The van der Waals surface area contributed by atoms with Crippen molar-refractivity contribution in [1.29, 1.82) is 0 Å². The number of halogens is 1. The van der Waals surface area contributed by atoms with Crippen LogP contribution in [0.4, 0.5) is 33.5 Å².